The van der Waals surface area contributed by atoms with Crippen molar-refractivity contribution < 1.29 is 4.79 Å². The average Bonchev–Trinajstić information content (AvgIpc) is 1.85. The van der Waals surface area contributed by atoms with Crippen LogP contribution >= 0.6 is 0 Å². The van der Waals surface area contributed by atoms with Gasteiger partial charge in [-0.1, -0.05) is 19.9 Å². The van der Waals surface area contributed by atoms with Gasteiger partial charge in [-0.15, -0.1) is 0 Å². The largest absolute Gasteiger partial charge is 0.295 e. The normalized spacial score (nSPS) is 28.5. The molecule has 1 aliphatic rings. The second-order valence-electron chi connectivity index (χ2n) is 4.10. The summed E-state index contributed by atoms with van der Waals surface area (Å²) < 4.78 is 0. The van der Waals surface area contributed by atoms with Crippen LogP contribution in [0, 0.1) is 11.3 Å². The molecule has 0 aromatic heterocycles. The molecule has 62 valence electrons. The Morgan fingerprint density at radius 1 is 1.55 bits per heavy atom. The Labute approximate surface area is 68.5 Å². The number of allylic oxidation sites excluding steroid dienone is 2. The highest BCUT2D eigenvalue weighted by Crippen LogP contribution is 2.46. The van der Waals surface area contributed by atoms with Crippen molar-refractivity contribution in [2.24, 2.45) is 11.3 Å². The van der Waals surface area contributed by atoms with Gasteiger partial charge >= 0.3 is 0 Å². The molecule has 0 aromatic rings. The second kappa shape index (κ2) is 2.80. The third-order valence-electron chi connectivity index (χ3n) is 2.67. The summed E-state index contributed by atoms with van der Waals surface area (Å²) in [5.74, 6) is 0.791. The lowest BCUT2D eigenvalue weighted by Gasteiger charge is -2.42. The molecule has 0 heterocycles. The lowest BCUT2D eigenvalue weighted by molar-refractivity contribution is -0.112. The fraction of sp³-hybridized carbons (Fsp3) is 0.700. The van der Waals surface area contributed by atoms with Gasteiger partial charge in [-0.05, 0) is 37.2 Å². The molecule has 1 atom stereocenters. The van der Waals surface area contributed by atoms with Crippen LogP contribution in [-0.2, 0) is 4.79 Å². The molecule has 1 saturated carbocycles. The SMILES string of the molecule is CC(=O)/C=C/C1CCC1(C)C. The maximum atomic E-state index is 10.6. The van der Waals surface area contributed by atoms with Gasteiger partial charge in [-0.3, -0.25) is 4.79 Å². The van der Waals surface area contributed by atoms with Crippen LogP contribution in [0.5, 0.6) is 0 Å². The fourth-order valence-corrected chi connectivity index (χ4v) is 1.50. The molecule has 1 fully saturated rings. The molecule has 0 aliphatic heterocycles. The van der Waals surface area contributed by atoms with E-state index in [9.17, 15) is 4.79 Å². The molecular weight excluding hydrogens is 136 g/mol. The minimum Gasteiger partial charge on any atom is -0.295 e. The molecule has 0 saturated heterocycles. The summed E-state index contributed by atoms with van der Waals surface area (Å²) in [4.78, 5) is 10.6. The summed E-state index contributed by atoms with van der Waals surface area (Å²) in [6.07, 6.45) is 6.30. The van der Waals surface area contributed by atoms with E-state index >= 15 is 0 Å². The third kappa shape index (κ3) is 1.92. The van der Waals surface area contributed by atoms with Gasteiger partial charge in [0, 0.05) is 0 Å². The first-order valence-electron chi connectivity index (χ1n) is 4.21. The zero-order valence-corrected chi connectivity index (χ0v) is 7.55. The summed E-state index contributed by atoms with van der Waals surface area (Å²) in [7, 11) is 0. The van der Waals surface area contributed by atoms with Crippen LogP contribution < -0.4 is 0 Å². The second-order valence-corrected chi connectivity index (χ2v) is 4.10. The standard InChI is InChI=1S/C10H16O/c1-8(11)4-5-9-6-7-10(9,2)3/h4-5,9H,6-7H2,1-3H3/b5-4+. The van der Waals surface area contributed by atoms with Gasteiger partial charge in [-0.25, -0.2) is 0 Å². The van der Waals surface area contributed by atoms with Crippen molar-refractivity contribution in [3.63, 3.8) is 0 Å². The first-order valence-corrected chi connectivity index (χ1v) is 4.21. The van der Waals surface area contributed by atoms with Crippen LogP contribution in [0.2, 0.25) is 0 Å². The lowest BCUT2D eigenvalue weighted by Crippen LogP contribution is -2.32. The van der Waals surface area contributed by atoms with Crippen molar-refractivity contribution in [2.45, 2.75) is 33.6 Å². The third-order valence-corrected chi connectivity index (χ3v) is 2.67. The molecule has 1 heteroatoms. The molecular formula is C10H16O. The van der Waals surface area contributed by atoms with Gasteiger partial charge in [0.2, 0.25) is 0 Å². The Balaban J connectivity index is 2.45. The van der Waals surface area contributed by atoms with Crippen molar-refractivity contribution in [1.82, 2.24) is 0 Å². The molecule has 11 heavy (non-hydrogen) atoms. The molecule has 0 bridgehead atoms. The first-order chi connectivity index (χ1) is 5.02. The zero-order valence-electron chi connectivity index (χ0n) is 7.55. The topological polar surface area (TPSA) is 17.1 Å². The van der Waals surface area contributed by atoms with Gasteiger partial charge < -0.3 is 0 Å². The smallest absolute Gasteiger partial charge is 0.152 e. The van der Waals surface area contributed by atoms with Crippen LogP contribution in [-0.4, -0.2) is 5.78 Å². The van der Waals surface area contributed by atoms with Crippen LogP contribution in [0.4, 0.5) is 0 Å². The summed E-state index contributed by atoms with van der Waals surface area (Å²) in [5.41, 5.74) is 0.436. The van der Waals surface area contributed by atoms with Crippen LogP contribution in [0.15, 0.2) is 12.2 Å². The van der Waals surface area contributed by atoms with E-state index in [0.29, 0.717) is 11.3 Å². The Bertz CT molecular complexity index is 189. The number of hydrogen-bond donors (Lipinski definition) is 0. The highest BCUT2D eigenvalue weighted by molar-refractivity contribution is 5.87. The molecule has 1 nitrogen and oxygen atoms in total. The lowest BCUT2D eigenvalue weighted by atomic mass is 9.62. The number of hydrogen-bond acceptors (Lipinski definition) is 1. The maximum absolute atomic E-state index is 10.6. The fourth-order valence-electron chi connectivity index (χ4n) is 1.50. The van der Waals surface area contributed by atoms with Gasteiger partial charge in [0.05, 0.1) is 0 Å². The van der Waals surface area contributed by atoms with Crippen molar-refractivity contribution in [3.8, 4) is 0 Å². The number of carbonyl (C=O) groups is 1. The van der Waals surface area contributed by atoms with Crippen molar-refractivity contribution in [2.75, 3.05) is 0 Å². The van der Waals surface area contributed by atoms with E-state index in [1.165, 1.54) is 12.8 Å². The molecule has 0 radical (unpaired) electrons. The highest BCUT2D eigenvalue weighted by Gasteiger charge is 2.36. The summed E-state index contributed by atoms with van der Waals surface area (Å²) in [5, 5.41) is 0. The Morgan fingerprint density at radius 3 is 2.45 bits per heavy atom. The number of ketones is 1. The molecule has 0 N–H and O–H groups in total. The van der Waals surface area contributed by atoms with E-state index in [2.05, 4.69) is 19.9 Å². The van der Waals surface area contributed by atoms with E-state index in [-0.39, 0.29) is 5.78 Å². The minimum absolute atomic E-state index is 0.160. The van der Waals surface area contributed by atoms with E-state index in [1.807, 2.05) is 0 Å². The molecule has 0 amide bonds. The first kappa shape index (κ1) is 8.51. The van der Waals surface area contributed by atoms with E-state index in [1.54, 1.807) is 13.0 Å². The van der Waals surface area contributed by atoms with Crippen molar-refractivity contribution in [1.29, 1.82) is 0 Å². The van der Waals surface area contributed by atoms with E-state index in [4.69, 9.17) is 0 Å². The van der Waals surface area contributed by atoms with E-state index in [0.717, 1.165) is 0 Å². The Hall–Kier alpha value is -0.590. The van der Waals surface area contributed by atoms with Gasteiger partial charge in [0.25, 0.3) is 0 Å². The van der Waals surface area contributed by atoms with Crippen molar-refractivity contribution >= 4 is 5.78 Å². The van der Waals surface area contributed by atoms with Gasteiger partial charge in [0.15, 0.2) is 5.78 Å². The number of rotatable bonds is 2. The molecule has 0 spiro atoms. The van der Waals surface area contributed by atoms with Crippen LogP contribution in [0.1, 0.15) is 33.6 Å². The Kier molecular flexibility index (Phi) is 2.17. The molecule has 1 unspecified atom stereocenters. The van der Waals surface area contributed by atoms with Crippen LogP contribution in [0.3, 0.4) is 0 Å². The van der Waals surface area contributed by atoms with Crippen molar-refractivity contribution in [3.05, 3.63) is 12.2 Å². The summed E-state index contributed by atoms with van der Waals surface area (Å²) >= 11 is 0. The minimum atomic E-state index is 0.160. The monoisotopic (exact) mass is 152 g/mol. The zero-order chi connectivity index (χ0) is 8.48. The van der Waals surface area contributed by atoms with Gasteiger partial charge in [0.1, 0.15) is 0 Å². The predicted octanol–water partition coefficient (Wildman–Crippen LogP) is 2.57. The predicted molar refractivity (Wildman–Crippen MR) is 46.3 cm³/mol. The summed E-state index contributed by atoms with van der Waals surface area (Å²) in [6.45, 7) is 6.11. The summed E-state index contributed by atoms with van der Waals surface area (Å²) in [6, 6.07) is 0. The molecule has 1 aliphatic carbocycles. The molecule has 1 rings (SSSR count). The molecule has 0 aromatic carbocycles. The highest BCUT2D eigenvalue weighted by atomic mass is 16.1. The Morgan fingerprint density at radius 2 is 2.18 bits per heavy atom. The maximum Gasteiger partial charge on any atom is 0.152 e. The average molecular weight is 152 g/mol. The van der Waals surface area contributed by atoms with E-state index < -0.39 is 0 Å². The van der Waals surface area contributed by atoms with Crippen LogP contribution in [0.25, 0.3) is 0 Å². The quantitative estimate of drug-likeness (QED) is 0.556. The van der Waals surface area contributed by atoms with Gasteiger partial charge in [-0.2, -0.15) is 0 Å². The number of carbonyl (C=O) groups excluding carboxylic acids is 1.